The fraction of sp³-hybridized carbons (Fsp3) is 0.429. The molecule has 0 amide bonds. The Balaban J connectivity index is 2.34. The fourth-order valence-electron chi connectivity index (χ4n) is 1.34. The van der Waals surface area contributed by atoms with E-state index in [0.29, 0.717) is 0 Å². The molecule has 0 aromatic carbocycles. The van der Waals surface area contributed by atoms with E-state index in [1.54, 1.807) is 0 Å². The zero-order chi connectivity index (χ0) is 9.90. The van der Waals surface area contributed by atoms with Gasteiger partial charge in [-0.1, -0.05) is 42.5 Å². The van der Waals surface area contributed by atoms with Crippen LogP contribution in [-0.4, -0.2) is 0 Å². The minimum atomic E-state index is 1.04. The standard InChI is InChI=1S/C14H19/c1-2-4-6-8-10-12-14-13-11-9-7-5-3-1/h1-3,6,8,13-14H,4,7,9-12H2. The Bertz CT molecular complexity index is 228. The predicted octanol–water partition coefficient (Wildman–Crippen LogP) is 4.37. The van der Waals surface area contributed by atoms with Crippen molar-refractivity contribution in [3.63, 3.8) is 0 Å². The minimum absolute atomic E-state index is 1.04. The van der Waals surface area contributed by atoms with E-state index >= 15 is 0 Å². The average molecular weight is 187 g/mol. The molecule has 0 spiro atoms. The van der Waals surface area contributed by atoms with Gasteiger partial charge >= 0.3 is 0 Å². The molecule has 0 heteroatoms. The zero-order valence-electron chi connectivity index (χ0n) is 8.78. The van der Waals surface area contributed by atoms with E-state index in [4.69, 9.17) is 0 Å². The van der Waals surface area contributed by atoms with E-state index in [-0.39, 0.29) is 0 Å². The molecule has 14 heavy (non-hydrogen) atoms. The monoisotopic (exact) mass is 187 g/mol. The molecule has 1 aliphatic rings. The van der Waals surface area contributed by atoms with Crippen LogP contribution < -0.4 is 0 Å². The first kappa shape index (κ1) is 11.0. The van der Waals surface area contributed by atoms with E-state index in [1.807, 2.05) is 6.08 Å². The summed E-state index contributed by atoms with van der Waals surface area (Å²) in [7, 11) is 0. The number of hydrogen-bond donors (Lipinski definition) is 0. The second kappa shape index (κ2) is 8.55. The summed E-state index contributed by atoms with van der Waals surface area (Å²) in [5.41, 5.74) is 0. The quantitative estimate of drug-likeness (QED) is 0.494. The fourth-order valence-corrected chi connectivity index (χ4v) is 1.34. The number of rotatable bonds is 0. The Morgan fingerprint density at radius 3 is 2.50 bits per heavy atom. The molecule has 0 heterocycles. The Labute approximate surface area is 87.7 Å². The smallest absolute Gasteiger partial charge is 0.0166 e. The van der Waals surface area contributed by atoms with Crippen molar-refractivity contribution in [3.05, 3.63) is 48.6 Å². The zero-order valence-corrected chi connectivity index (χ0v) is 8.78. The molecular weight excluding hydrogens is 168 g/mol. The Morgan fingerprint density at radius 1 is 0.786 bits per heavy atom. The van der Waals surface area contributed by atoms with Crippen molar-refractivity contribution in [1.82, 2.24) is 0 Å². The van der Waals surface area contributed by atoms with Gasteiger partial charge in [0.2, 0.25) is 0 Å². The van der Waals surface area contributed by atoms with Crippen LogP contribution in [-0.2, 0) is 0 Å². The van der Waals surface area contributed by atoms with Gasteiger partial charge in [0, 0.05) is 0 Å². The van der Waals surface area contributed by atoms with Crippen molar-refractivity contribution in [3.8, 4) is 0 Å². The topological polar surface area (TPSA) is 0 Å². The lowest BCUT2D eigenvalue weighted by Crippen LogP contribution is -1.71. The summed E-state index contributed by atoms with van der Waals surface area (Å²) in [5, 5.41) is 0. The highest BCUT2D eigenvalue weighted by molar-refractivity contribution is 5.03. The molecule has 0 atom stereocenters. The third-order valence-electron chi connectivity index (χ3n) is 2.15. The maximum Gasteiger partial charge on any atom is -0.0166 e. The summed E-state index contributed by atoms with van der Waals surface area (Å²) in [6.07, 6.45) is 25.5. The molecule has 0 aliphatic heterocycles. The van der Waals surface area contributed by atoms with Crippen molar-refractivity contribution in [1.29, 1.82) is 0 Å². The molecule has 1 rings (SSSR count). The van der Waals surface area contributed by atoms with Crippen LogP contribution in [0, 0.1) is 6.08 Å². The second-order valence-electron chi connectivity index (χ2n) is 3.45. The molecule has 1 aliphatic carbocycles. The normalized spacial score (nSPS) is 19.4. The van der Waals surface area contributed by atoms with Gasteiger partial charge < -0.3 is 0 Å². The molecule has 1 radical (unpaired) electrons. The molecule has 0 saturated heterocycles. The van der Waals surface area contributed by atoms with Crippen molar-refractivity contribution in [2.45, 2.75) is 38.5 Å². The van der Waals surface area contributed by atoms with Crippen LogP contribution >= 0.6 is 0 Å². The first-order valence-electron chi connectivity index (χ1n) is 5.52. The molecular formula is C14H19. The van der Waals surface area contributed by atoms with Gasteiger partial charge in [-0.05, 0) is 44.6 Å². The third kappa shape index (κ3) is 6.47. The molecule has 0 bridgehead atoms. The van der Waals surface area contributed by atoms with E-state index < -0.39 is 0 Å². The highest BCUT2D eigenvalue weighted by Gasteiger charge is 1.82. The molecule has 0 aromatic rings. The van der Waals surface area contributed by atoms with E-state index in [2.05, 4.69) is 42.5 Å². The van der Waals surface area contributed by atoms with Gasteiger partial charge in [-0.2, -0.15) is 0 Å². The lowest BCUT2D eigenvalue weighted by Gasteiger charge is -1.91. The first-order chi connectivity index (χ1) is 7.00. The van der Waals surface area contributed by atoms with Crippen molar-refractivity contribution in [2.75, 3.05) is 0 Å². The van der Waals surface area contributed by atoms with Gasteiger partial charge in [-0.3, -0.25) is 0 Å². The first-order valence-corrected chi connectivity index (χ1v) is 5.52. The maximum atomic E-state index is 3.27. The second-order valence-corrected chi connectivity index (χ2v) is 3.45. The van der Waals surface area contributed by atoms with Crippen LogP contribution in [0.3, 0.4) is 0 Å². The summed E-state index contributed by atoms with van der Waals surface area (Å²) in [6, 6.07) is 0. The molecule has 0 nitrogen and oxygen atoms in total. The molecule has 0 unspecified atom stereocenters. The summed E-state index contributed by atoms with van der Waals surface area (Å²) >= 11 is 0. The third-order valence-corrected chi connectivity index (χ3v) is 2.15. The Morgan fingerprint density at radius 2 is 1.57 bits per heavy atom. The van der Waals surface area contributed by atoms with Crippen LogP contribution in [0.2, 0.25) is 0 Å². The Kier molecular flexibility index (Phi) is 6.74. The van der Waals surface area contributed by atoms with Crippen LogP contribution in [0.15, 0.2) is 42.5 Å². The van der Waals surface area contributed by atoms with E-state index in [0.717, 1.165) is 12.8 Å². The molecule has 75 valence electrons. The van der Waals surface area contributed by atoms with E-state index in [9.17, 15) is 0 Å². The van der Waals surface area contributed by atoms with E-state index in [1.165, 1.54) is 25.7 Å². The summed E-state index contributed by atoms with van der Waals surface area (Å²) < 4.78 is 0. The molecule has 0 N–H and O–H groups in total. The predicted molar refractivity (Wildman–Crippen MR) is 62.9 cm³/mol. The highest BCUT2D eigenvalue weighted by Crippen LogP contribution is 2.01. The lowest BCUT2D eigenvalue weighted by molar-refractivity contribution is 0.849. The molecule has 0 saturated carbocycles. The van der Waals surface area contributed by atoms with Crippen LogP contribution in [0.4, 0.5) is 0 Å². The Hall–Kier alpha value is -1.04. The minimum Gasteiger partial charge on any atom is -0.0885 e. The van der Waals surface area contributed by atoms with Gasteiger partial charge in [0.25, 0.3) is 0 Å². The van der Waals surface area contributed by atoms with Crippen molar-refractivity contribution < 1.29 is 0 Å². The van der Waals surface area contributed by atoms with Gasteiger partial charge in [0.15, 0.2) is 0 Å². The SMILES string of the molecule is [C]1=CC=CCC=CCCC=CCCC1. The van der Waals surface area contributed by atoms with Gasteiger partial charge in [0.1, 0.15) is 0 Å². The van der Waals surface area contributed by atoms with Crippen molar-refractivity contribution >= 4 is 0 Å². The average Bonchev–Trinajstić information content (AvgIpc) is 2.22. The highest BCUT2D eigenvalue weighted by atomic mass is 13.9. The maximum absolute atomic E-state index is 3.27. The number of allylic oxidation sites excluding steroid dienone is 8. The molecule has 0 fully saturated rings. The van der Waals surface area contributed by atoms with Crippen LogP contribution in [0.1, 0.15) is 38.5 Å². The summed E-state index contributed by atoms with van der Waals surface area (Å²) in [6.45, 7) is 0. The number of hydrogen-bond acceptors (Lipinski definition) is 0. The lowest BCUT2D eigenvalue weighted by atomic mass is 10.2. The van der Waals surface area contributed by atoms with Crippen molar-refractivity contribution in [2.24, 2.45) is 0 Å². The molecule has 0 aromatic heterocycles. The van der Waals surface area contributed by atoms with Crippen LogP contribution in [0.5, 0.6) is 0 Å². The van der Waals surface area contributed by atoms with Crippen LogP contribution in [0.25, 0.3) is 0 Å². The largest absolute Gasteiger partial charge is 0.0885 e. The van der Waals surface area contributed by atoms with Gasteiger partial charge in [-0.25, -0.2) is 0 Å². The van der Waals surface area contributed by atoms with Gasteiger partial charge in [-0.15, -0.1) is 0 Å². The summed E-state index contributed by atoms with van der Waals surface area (Å²) in [5.74, 6) is 0. The van der Waals surface area contributed by atoms with Gasteiger partial charge in [0.05, 0.1) is 0 Å². The summed E-state index contributed by atoms with van der Waals surface area (Å²) in [4.78, 5) is 0.